The van der Waals surface area contributed by atoms with Crippen molar-refractivity contribution in [1.82, 2.24) is 9.97 Å². The summed E-state index contributed by atoms with van der Waals surface area (Å²) in [5, 5.41) is 0.526. The number of hydrogen-bond donors (Lipinski definition) is 4. The number of halogens is 4. The SMILES string of the molecule is COC(=O)c1cc(C2CCCOCC2)c2nc(Br)sc2c1.COC(=O)c1cc(C2CCCOCC2)c2nc(N)sc2c1.COC(=O)c1ccc(N)c(B2OC(C)(C)C(C)(C)O2)c1.COC(=O)c1ccc(N)c(C2=CCCOCC2)c1.COC(=O)c1ccc(N)c(C2CCCOCC2)c1.O=C1CCCOCC1.O=S(=O)(OC1=CCCOCC1)C(F)(F)F. The summed E-state index contributed by atoms with van der Waals surface area (Å²) in [4.78, 5) is 78.1. The lowest BCUT2D eigenvalue weighted by atomic mass is 9.77. The monoisotopic (exact) mass is 1810 g/mol. The smallest absolute Gasteiger partial charge is 0.465 e. The number of Topliss-reactive ketones (excluding diaryl/α,β-unsaturated/α-hetero) is 1. The molecule has 5 saturated heterocycles. The van der Waals surface area contributed by atoms with E-state index in [4.69, 9.17) is 84.3 Å². The van der Waals surface area contributed by atoms with Crippen molar-refractivity contribution in [2.75, 3.05) is 138 Å². The molecule has 9 heterocycles. The number of ether oxygens (including phenoxy) is 11. The van der Waals surface area contributed by atoms with Gasteiger partial charge >= 0.3 is 52.6 Å². The highest BCUT2D eigenvalue weighted by atomic mass is 79.9. The van der Waals surface area contributed by atoms with Crippen LogP contribution in [0.4, 0.5) is 35.4 Å². The molecule has 0 radical (unpaired) electrons. The summed E-state index contributed by atoms with van der Waals surface area (Å²) in [6, 6.07) is 23.0. The molecule has 660 valence electrons. The number of nitrogen functional groups attached to an aromatic ring is 4. The van der Waals surface area contributed by atoms with Gasteiger partial charge in [-0.1, -0.05) is 17.4 Å². The van der Waals surface area contributed by atoms with Crippen LogP contribution in [0, 0.1) is 0 Å². The van der Waals surface area contributed by atoms with Gasteiger partial charge < -0.3 is 88.5 Å². The number of carbonyl (C=O) groups is 6. The first-order valence-corrected chi connectivity index (χ1v) is 43.7. The van der Waals surface area contributed by atoms with E-state index in [1.165, 1.54) is 53.0 Å². The summed E-state index contributed by atoms with van der Waals surface area (Å²) in [7, 11) is 0.776. The van der Waals surface area contributed by atoms with Crippen molar-refractivity contribution in [3.63, 3.8) is 0 Å². The fourth-order valence-electron chi connectivity index (χ4n) is 13.8. The van der Waals surface area contributed by atoms with Crippen molar-refractivity contribution in [3.05, 3.63) is 151 Å². The Bertz CT molecular complexity index is 4690. The molecule has 36 heteroatoms. The number of benzene rings is 5. The maximum atomic E-state index is 11.9. The van der Waals surface area contributed by atoms with Crippen molar-refractivity contribution in [1.29, 1.82) is 0 Å². The van der Waals surface area contributed by atoms with Gasteiger partial charge in [-0.25, -0.2) is 33.9 Å². The third kappa shape index (κ3) is 28.7. The Morgan fingerprint density at radius 3 is 1.43 bits per heavy atom. The summed E-state index contributed by atoms with van der Waals surface area (Å²) in [5.41, 5.74) is 30.0. The van der Waals surface area contributed by atoms with Gasteiger partial charge in [0.2, 0.25) is 0 Å². The standard InChI is InChI=1S/C15H16BrNO3S.C15H18N2O3S.C14H20BNO4.C14H19NO3.C14H17NO3.C7H9F3O4S.C6H10O2/c2*1-19-14(18)10-7-11(9-3-2-5-20-6-4-9)13-12(8-10)21-15(16)17-13;1-13(2)14(3,4)20-15(19-13)10-8-9(12(17)18-5)6-7-11(10)16;2*1-17-14(16)11-4-5-13(15)12(9-11)10-3-2-7-18-8-6-10;8-7(9,10)15(11,12)14-6-2-1-4-13-5-3-6;7-6-2-1-4-8-5-3-6/h7-9H,2-6H2,1H3;7-9H,2-6H2,1H3,(H2,16,17);6-8H,16H2,1-5H3;4-5,9-10H,2-3,6-8,15H2,1H3;3-5,9H,2,6-8,15H2,1H3;2H,1,3-5H2;1-5H2. The molecule has 28 nitrogen and oxygen atoms in total. The van der Waals surface area contributed by atoms with E-state index in [0.717, 1.165) is 194 Å². The Morgan fingerprint density at radius 2 is 0.901 bits per heavy atom. The third-order valence-electron chi connectivity index (χ3n) is 21.0. The number of alkyl halides is 3. The van der Waals surface area contributed by atoms with Crippen molar-refractivity contribution in [2.24, 2.45) is 0 Å². The lowest BCUT2D eigenvalue weighted by Crippen LogP contribution is -2.41. The Morgan fingerprint density at radius 1 is 0.479 bits per heavy atom. The molecule has 0 bridgehead atoms. The average Bonchev–Trinajstić information content (AvgIpc) is 1.62. The van der Waals surface area contributed by atoms with Crippen LogP contribution in [0.2, 0.25) is 0 Å². The van der Waals surface area contributed by atoms with Crippen molar-refractivity contribution < 1.29 is 116 Å². The first-order valence-electron chi connectivity index (χ1n) is 39.8. The number of aromatic nitrogens is 2. The molecule has 5 fully saturated rings. The number of nitrogens with two attached hydrogens (primary N) is 4. The largest absolute Gasteiger partial charge is 0.534 e. The second-order valence-corrected chi connectivity index (χ2v) is 34.7. The highest BCUT2D eigenvalue weighted by molar-refractivity contribution is 9.11. The molecule has 2 aromatic heterocycles. The van der Waals surface area contributed by atoms with Crippen molar-refractivity contribution in [3.8, 4) is 0 Å². The highest BCUT2D eigenvalue weighted by Crippen LogP contribution is 2.41. The molecule has 8 N–H and O–H groups in total. The first kappa shape index (κ1) is 97.8. The predicted octanol–water partition coefficient (Wildman–Crippen LogP) is 15.3. The number of thiazole rings is 2. The molecule has 121 heavy (non-hydrogen) atoms. The number of rotatable bonds is 12. The van der Waals surface area contributed by atoms with E-state index in [0.29, 0.717) is 106 Å². The van der Waals surface area contributed by atoms with Crippen LogP contribution in [-0.2, 0) is 80.5 Å². The molecule has 7 aromatic rings. The van der Waals surface area contributed by atoms with Crippen molar-refractivity contribution in [2.45, 2.75) is 165 Å². The average molecular weight is 1810 g/mol. The van der Waals surface area contributed by atoms with Gasteiger partial charge in [-0.05, 0) is 252 Å². The summed E-state index contributed by atoms with van der Waals surface area (Å²) < 4.78 is 131. The summed E-state index contributed by atoms with van der Waals surface area (Å²) in [5.74, 6) is -0.465. The van der Waals surface area contributed by atoms with Crippen LogP contribution < -0.4 is 28.4 Å². The second-order valence-electron chi connectivity index (χ2n) is 29.8. The molecule has 7 aliphatic rings. The van der Waals surface area contributed by atoms with Crippen LogP contribution in [0.3, 0.4) is 0 Å². The van der Waals surface area contributed by atoms with Crippen LogP contribution in [0.15, 0.2) is 101 Å². The zero-order chi connectivity index (χ0) is 88.0. The number of fused-ring (bicyclic) bond motifs is 2. The van der Waals surface area contributed by atoms with E-state index in [1.807, 2.05) is 58.0 Å². The van der Waals surface area contributed by atoms with Gasteiger partial charge in [0.05, 0.1) is 128 Å². The Hall–Kier alpha value is -8.66. The molecular weight excluding hydrogens is 1700 g/mol. The molecule has 3 atom stereocenters. The lowest BCUT2D eigenvalue weighted by molar-refractivity contribution is -0.119. The summed E-state index contributed by atoms with van der Waals surface area (Å²) >= 11 is 6.39. The van der Waals surface area contributed by atoms with Crippen LogP contribution in [0.5, 0.6) is 0 Å². The molecule has 3 unspecified atom stereocenters. The van der Waals surface area contributed by atoms with E-state index in [1.54, 1.807) is 59.9 Å². The molecule has 0 saturated carbocycles. The van der Waals surface area contributed by atoms with Gasteiger partial charge in [0.1, 0.15) is 11.5 Å². The maximum absolute atomic E-state index is 11.9. The van der Waals surface area contributed by atoms with Crippen LogP contribution in [0.1, 0.15) is 222 Å². The highest BCUT2D eigenvalue weighted by Gasteiger charge is 2.52. The van der Waals surface area contributed by atoms with Crippen LogP contribution >= 0.6 is 38.6 Å². The van der Waals surface area contributed by atoms with E-state index in [-0.39, 0.29) is 42.7 Å². The normalized spacial score (nSPS) is 19.3. The predicted molar refractivity (Wildman–Crippen MR) is 460 cm³/mol. The molecular formula is C85H109BBrF3N6O22S3. The maximum Gasteiger partial charge on any atom is 0.534 e. The second kappa shape index (κ2) is 47.3. The molecule has 0 spiro atoms. The van der Waals surface area contributed by atoms with Gasteiger partial charge in [-0.15, -0.1) is 11.3 Å². The number of ketones is 1. The van der Waals surface area contributed by atoms with Crippen molar-refractivity contribution >= 4 is 145 Å². The minimum atomic E-state index is -5.54. The fraction of sp³-hybridized carbons (Fsp3) is 0.506. The van der Waals surface area contributed by atoms with Gasteiger partial charge in [0, 0.05) is 93.6 Å². The number of esters is 5. The summed E-state index contributed by atoms with van der Waals surface area (Å²) in [6.45, 7) is 15.9. The third-order valence-corrected chi connectivity index (χ3v) is 24.3. The van der Waals surface area contributed by atoms with Crippen LogP contribution in [-0.4, -0.2) is 193 Å². The van der Waals surface area contributed by atoms with E-state index in [9.17, 15) is 50.4 Å². The number of hydrogen-bond acceptors (Lipinski definition) is 30. The van der Waals surface area contributed by atoms with E-state index in [2.05, 4.69) is 36.2 Å². The molecule has 0 amide bonds. The van der Waals surface area contributed by atoms with Gasteiger partial charge in [-0.2, -0.15) is 21.6 Å². The number of carbonyl (C=O) groups excluding carboxylic acids is 6. The zero-order valence-electron chi connectivity index (χ0n) is 69.7. The van der Waals surface area contributed by atoms with E-state index < -0.39 is 39.9 Å². The van der Waals surface area contributed by atoms with Gasteiger partial charge in [0.25, 0.3) is 0 Å². The van der Waals surface area contributed by atoms with Gasteiger partial charge in [0.15, 0.2) is 9.05 Å². The first-order chi connectivity index (χ1) is 57.7. The van der Waals surface area contributed by atoms with Gasteiger partial charge in [-0.3, -0.25) is 4.79 Å². The van der Waals surface area contributed by atoms with Crippen LogP contribution in [0.25, 0.3) is 26.0 Å². The minimum Gasteiger partial charge on any atom is -0.465 e. The molecule has 14 rings (SSSR count). The Labute approximate surface area is 720 Å². The number of methoxy groups -OCH3 is 5. The molecule has 7 aliphatic heterocycles. The Kier molecular flexibility index (Phi) is 38.2. The number of anilines is 4. The number of nitrogens with zero attached hydrogens (tertiary/aromatic N) is 2. The van der Waals surface area contributed by atoms with E-state index >= 15 is 0 Å². The topological polar surface area (TPSA) is 396 Å². The summed E-state index contributed by atoms with van der Waals surface area (Å²) in [6.07, 6.45) is 16.8. The quantitative estimate of drug-likeness (QED) is 0.0220. The lowest BCUT2D eigenvalue weighted by Gasteiger charge is -2.32. The molecule has 0 aliphatic carbocycles. The molecule has 5 aromatic carbocycles. The Balaban J connectivity index is 0.000000178. The fourth-order valence-corrected chi connectivity index (χ4v) is 16.6. The minimum absolute atomic E-state index is 0.0231. The zero-order valence-corrected chi connectivity index (χ0v) is 73.7.